The molecule has 2 rings (SSSR count). The molecule has 0 saturated heterocycles. The Kier molecular flexibility index (Phi) is 4.12. The van der Waals surface area contributed by atoms with Crippen molar-refractivity contribution in [1.29, 1.82) is 0 Å². The standard InChI is InChI=1S/C11H13NO7S/c13-8(11(14)15)6-12-20(16,17)7-1-2-9-10(5-7)19-4-3-18-9/h1-2,5,8,12-13H,3-4,6H2,(H,14,15). The first-order chi connectivity index (χ1) is 9.40. The van der Waals surface area contributed by atoms with Crippen LogP contribution in [0.4, 0.5) is 0 Å². The number of benzene rings is 1. The average molecular weight is 303 g/mol. The third-order valence-corrected chi connectivity index (χ3v) is 4.00. The Balaban J connectivity index is 2.15. The number of carbonyl (C=O) groups is 1. The van der Waals surface area contributed by atoms with Crippen LogP contribution in [0.2, 0.25) is 0 Å². The van der Waals surface area contributed by atoms with E-state index in [4.69, 9.17) is 19.7 Å². The van der Waals surface area contributed by atoms with Gasteiger partial charge in [-0.1, -0.05) is 0 Å². The van der Waals surface area contributed by atoms with Gasteiger partial charge in [-0.15, -0.1) is 0 Å². The van der Waals surface area contributed by atoms with Crippen LogP contribution in [0, 0.1) is 0 Å². The number of carboxylic acids is 1. The summed E-state index contributed by atoms with van der Waals surface area (Å²) < 4.78 is 36.4. The smallest absolute Gasteiger partial charge is 0.333 e. The van der Waals surface area contributed by atoms with Crippen molar-refractivity contribution >= 4 is 16.0 Å². The molecule has 9 heteroatoms. The predicted molar refractivity (Wildman–Crippen MR) is 66.3 cm³/mol. The first kappa shape index (κ1) is 14.6. The van der Waals surface area contributed by atoms with Crippen LogP contribution in [0.25, 0.3) is 0 Å². The topological polar surface area (TPSA) is 122 Å². The van der Waals surface area contributed by atoms with E-state index in [0.29, 0.717) is 24.7 Å². The van der Waals surface area contributed by atoms with Gasteiger partial charge in [0.1, 0.15) is 13.2 Å². The lowest BCUT2D eigenvalue weighted by molar-refractivity contribution is -0.146. The molecule has 1 aromatic carbocycles. The molecule has 20 heavy (non-hydrogen) atoms. The van der Waals surface area contributed by atoms with Gasteiger partial charge in [-0.25, -0.2) is 17.9 Å². The van der Waals surface area contributed by atoms with E-state index >= 15 is 0 Å². The molecule has 8 nitrogen and oxygen atoms in total. The fourth-order valence-electron chi connectivity index (χ4n) is 1.55. The number of carboxylic acid groups (broad SMARTS) is 1. The molecule has 1 heterocycles. The summed E-state index contributed by atoms with van der Waals surface area (Å²) in [6.45, 7) is 0.0932. The van der Waals surface area contributed by atoms with Crippen molar-refractivity contribution in [2.45, 2.75) is 11.0 Å². The second-order valence-electron chi connectivity index (χ2n) is 4.01. The number of ether oxygens (including phenoxy) is 2. The van der Waals surface area contributed by atoms with Gasteiger partial charge in [-0.2, -0.15) is 0 Å². The highest BCUT2D eigenvalue weighted by atomic mass is 32.2. The summed E-state index contributed by atoms with van der Waals surface area (Å²) in [5.74, 6) is -0.756. The van der Waals surface area contributed by atoms with Gasteiger partial charge >= 0.3 is 5.97 Å². The number of sulfonamides is 1. The van der Waals surface area contributed by atoms with Gasteiger partial charge < -0.3 is 19.7 Å². The molecule has 1 aromatic rings. The maximum atomic E-state index is 11.9. The molecule has 1 atom stereocenters. The van der Waals surface area contributed by atoms with E-state index in [1.165, 1.54) is 18.2 Å². The molecular formula is C11H13NO7S. The number of aliphatic hydroxyl groups excluding tert-OH is 1. The van der Waals surface area contributed by atoms with E-state index in [2.05, 4.69) is 0 Å². The van der Waals surface area contributed by atoms with Gasteiger partial charge in [-0.3, -0.25) is 0 Å². The van der Waals surface area contributed by atoms with Crippen molar-refractivity contribution in [3.8, 4) is 11.5 Å². The predicted octanol–water partition coefficient (Wildman–Crippen LogP) is -0.818. The van der Waals surface area contributed by atoms with Crippen molar-refractivity contribution in [2.75, 3.05) is 19.8 Å². The molecule has 0 radical (unpaired) electrons. The lowest BCUT2D eigenvalue weighted by atomic mass is 10.3. The second-order valence-corrected chi connectivity index (χ2v) is 5.78. The number of fused-ring (bicyclic) bond motifs is 1. The Labute approximate surface area is 115 Å². The van der Waals surface area contributed by atoms with Crippen LogP contribution in [0.1, 0.15) is 0 Å². The van der Waals surface area contributed by atoms with Crippen LogP contribution < -0.4 is 14.2 Å². The average Bonchev–Trinajstić information content (AvgIpc) is 2.44. The highest BCUT2D eigenvalue weighted by Gasteiger charge is 2.22. The minimum atomic E-state index is -3.93. The van der Waals surface area contributed by atoms with Gasteiger partial charge in [0.05, 0.1) is 4.90 Å². The van der Waals surface area contributed by atoms with Crippen LogP contribution in [0.5, 0.6) is 11.5 Å². The Morgan fingerprint density at radius 3 is 2.60 bits per heavy atom. The Morgan fingerprint density at radius 2 is 1.95 bits per heavy atom. The Hall–Kier alpha value is -1.84. The molecule has 0 spiro atoms. The molecule has 0 bridgehead atoms. The summed E-state index contributed by atoms with van der Waals surface area (Å²) in [4.78, 5) is 10.3. The number of nitrogens with one attached hydrogen (secondary N) is 1. The van der Waals surface area contributed by atoms with Crippen LogP contribution >= 0.6 is 0 Å². The number of rotatable bonds is 5. The molecule has 110 valence electrons. The summed E-state index contributed by atoms with van der Waals surface area (Å²) in [5, 5.41) is 17.5. The third kappa shape index (κ3) is 3.18. The van der Waals surface area contributed by atoms with Crippen LogP contribution in [-0.4, -0.2) is 50.5 Å². The van der Waals surface area contributed by atoms with Crippen LogP contribution in [-0.2, 0) is 14.8 Å². The normalized spacial score (nSPS) is 15.7. The fraction of sp³-hybridized carbons (Fsp3) is 0.364. The summed E-state index contributed by atoms with van der Waals surface area (Å²) in [6.07, 6.45) is -1.80. The zero-order valence-electron chi connectivity index (χ0n) is 10.3. The number of aliphatic hydroxyl groups is 1. The summed E-state index contributed by atoms with van der Waals surface area (Å²) in [6, 6.07) is 4.05. The molecule has 1 unspecified atom stereocenters. The highest BCUT2D eigenvalue weighted by Crippen LogP contribution is 2.32. The monoisotopic (exact) mass is 303 g/mol. The number of hydrogen-bond donors (Lipinski definition) is 3. The molecule has 3 N–H and O–H groups in total. The summed E-state index contributed by atoms with van der Waals surface area (Å²) >= 11 is 0. The van der Waals surface area contributed by atoms with E-state index in [1.54, 1.807) is 0 Å². The minimum absolute atomic E-state index is 0.0978. The van der Waals surface area contributed by atoms with Crippen molar-refractivity contribution in [2.24, 2.45) is 0 Å². The Bertz CT molecular complexity index is 613. The van der Waals surface area contributed by atoms with Gasteiger partial charge in [0, 0.05) is 12.6 Å². The van der Waals surface area contributed by atoms with Crippen molar-refractivity contribution < 1.29 is 32.9 Å². The molecule has 1 aliphatic rings. The van der Waals surface area contributed by atoms with E-state index in [-0.39, 0.29) is 4.90 Å². The third-order valence-electron chi connectivity index (χ3n) is 2.58. The zero-order chi connectivity index (χ0) is 14.8. The molecule has 0 amide bonds. The maximum absolute atomic E-state index is 11.9. The van der Waals surface area contributed by atoms with Crippen molar-refractivity contribution in [1.82, 2.24) is 4.72 Å². The second kappa shape index (κ2) is 5.65. The summed E-state index contributed by atoms with van der Waals surface area (Å²) in [5.41, 5.74) is 0. The molecule has 0 aliphatic carbocycles. The molecule has 0 saturated carbocycles. The zero-order valence-corrected chi connectivity index (χ0v) is 11.1. The molecule has 1 aliphatic heterocycles. The van der Waals surface area contributed by atoms with Crippen LogP contribution in [0.15, 0.2) is 23.1 Å². The van der Waals surface area contributed by atoms with Crippen molar-refractivity contribution in [3.05, 3.63) is 18.2 Å². The van der Waals surface area contributed by atoms with Crippen molar-refractivity contribution in [3.63, 3.8) is 0 Å². The lowest BCUT2D eigenvalue weighted by Gasteiger charge is -2.19. The number of hydrogen-bond acceptors (Lipinski definition) is 6. The molecule has 0 fully saturated rings. The molecular weight excluding hydrogens is 290 g/mol. The SMILES string of the molecule is O=C(O)C(O)CNS(=O)(=O)c1ccc2c(c1)OCCO2. The Morgan fingerprint density at radius 1 is 1.30 bits per heavy atom. The van der Waals surface area contributed by atoms with Gasteiger partial charge in [0.25, 0.3) is 0 Å². The number of aliphatic carboxylic acids is 1. The van der Waals surface area contributed by atoms with E-state index in [1.807, 2.05) is 4.72 Å². The van der Waals surface area contributed by atoms with E-state index in [9.17, 15) is 13.2 Å². The summed E-state index contributed by atoms with van der Waals surface area (Å²) in [7, 11) is -3.93. The fourth-order valence-corrected chi connectivity index (χ4v) is 2.60. The van der Waals surface area contributed by atoms with E-state index < -0.39 is 28.6 Å². The highest BCUT2D eigenvalue weighted by molar-refractivity contribution is 7.89. The first-order valence-corrected chi connectivity index (χ1v) is 7.18. The molecule has 0 aromatic heterocycles. The first-order valence-electron chi connectivity index (χ1n) is 5.70. The van der Waals surface area contributed by atoms with Gasteiger partial charge in [-0.05, 0) is 12.1 Å². The lowest BCUT2D eigenvalue weighted by Crippen LogP contribution is -2.36. The quantitative estimate of drug-likeness (QED) is 0.649. The maximum Gasteiger partial charge on any atom is 0.333 e. The van der Waals surface area contributed by atoms with Gasteiger partial charge in [0.2, 0.25) is 10.0 Å². The van der Waals surface area contributed by atoms with E-state index in [0.717, 1.165) is 0 Å². The van der Waals surface area contributed by atoms with Gasteiger partial charge in [0.15, 0.2) is 17.6 Å². The largest absolute Gasteiger partial charge is 0.486 e. The minimum Gasteiger partial charge on any atom is -0.486 e. The van der Waals surface area contributed by atoms with Crippen LogP contribution in [0.3, 0.4) is 0 Å².